The molecule has 2 N–H and O–H groups in total. The lowest BCUT2D eigenvalue weighted by molar-refractivity contribution is 0.281. The van der Waals surface area contributed by atoms with E-state index in [1.165, 1.54) is 0 Å². The molecule has 1 atom stereocenters. The number of nitrogens with zero attached hydrogens (tertiary/aromatic N) is 1. The number of anilines is 1. The standard InChI is InChI=1S/C12H18N2O2S/c1-10-5-4-8-14(9-10)17(15,16)12-7-3-2-6-11(12)13/h2-3,6-7,10H,4-5,8-9,13H2,1H3. The number of hydrogen-bond acceptors (Lipinski definition) is 3. The van der Waals surface area contributed by atoms with Gasteiger partial charge in [-0.1, -0.05) is 19.1 Å². The predicted molar refractivity (Wildman–Crippen MR) is 68.0 cm³/mol. The van der Waals surface area contributed by atoms with Gasteiger partial charge in [0.15, 0.2) is 0 Å². The molecule has 2 rings (SSSR count). The Morgan fingerprint density at radius 2 is 2.06 bits per heavy atom. The van der Waals surface area contributed by atoms with Gasteiger partial charge in [0.05, 0.1) is 5.69 Å². The van der Waals surface area contributed by atoms with Crippen LogP contribution in [0.1, 0.15) is 19.8 Å². The molecule has 1 aromatic carbocycles. The van der Waals surface area contributed by atoms with E-state index >= 15 is 0 Å². The van der Waals surface area contributed by atoms with Crippen LogP contribution in [0.3, 0.4) is 0 Å². The number of nitrogens with two attached hydrogens (primary N) is 1. The number of benzene rings is 1. The van der Waals surface area contributed by atoms with Gasteiger partial charge in [0, 0.05) is 13.1 Å². The number of para-hydroxylation sites is 1. The first-order valence-electron chi connectivity index (χ1n) is 5.86. The molecule has 0 saturated carbocycles. The van der Waals surface area contributed by atoms with Gasteiger partial charge in [-0.3, -0.25) is 0 Å². The lowest BCUT2D eigenvalue weighted by Crippen LogP contribution is -2.39. The van der Waals surface area contributed by atoms with E-state index < -0.39 is 10.0 Å². The van der Waals surface area contributed by atoms with Gasteiger partial charge in [-0.25, -0.2) is 8.42 Å². The zero-order valence-corrected chi connectivity index (χ0v) is 10.8. The van der Waals surface area contributed by atoms with E-state index in [1.54, 1.807) is 28.6 Å². The third-order valence-corrected chi connectivity index (χ3v) is 5.10. The average molecular weight is 254 g/mol. The van der Waals surface area contributed by atoms with Crippen LogP contribution in [-0.4, -0.2) is 25.8 Å². The molecule has 0 spiro atoms. The van der Waals surface area contributed by atoms with Crippen LogP contribution in [0.2, 0.25) is 0 Å². The summed E-state index contributed by atoms with van der Waals surface area (Å²) in [5.74, 6) is 0.420. The molecule has 1 aromatic rings. The van der Waals surface area contributed by atoms with Crippen molar-refractivity contribution in [2.45, 2.75) is 24.7 Å². The fourth-order valence-electron chi connectivity index (χ4n) is 2.22. The van der Waals surface area contributed by atoms with Crippen LogP contribution in [0.4, 0.5) is 5.69 Å². The van der Waals surface area contributed by atoms with Crippen molar-refractivity contribution in [1.29, 1.82) is 0 Å². The Balaban J connectivity index is 2.33. The van der Waals surface area contributed by atoms with Crippen LogP contribution in [0.15, 0.2) is 29.2 Å². The topological polar surface area (TPSA) is 63.4 Å². The zero-order valence-electron chi connectivity index (χ0n) is 9.96. The monoisotopic (exact) mass is 254 g/mol. The Morgan fingerprint density at radius 1 is 1.35 bits per heavy atom. The number of sulfonamides is 1. The molecule has 1 unspecified atom stereocenters. The maximum absolute atomic E-state index is 12.4. The number of rotatable bonds is 2. The van der Waals surface area contributed by atoms with Crippen molar-refractivity contribution in [1.82, 2.24) is 4.31 Å². The summed E-state index contributed by atoms with van der Waals surface area (Å²) in [5.41, 5.74) is 6.07. The van der Waals surface area contributed by atoms with E-state index in [9.17, 15) is 8.42 Å². The quantitative estimate of drug-likeness (QED) is 0.817. The zero-order chi connectivity index (χ0) is 12.5. The third kappa shape index (κ3) is 2.45. The van der Waals surface area contributed by atoms with Crippen LogP contribution in [0, 0.1) is 5.92 Å². The summed E-state index contributed by atoms with van der Waals surface area (Å²) in [6.45, 7) is 3.27. The molecule has 5 heteroatoms. The maximum Gasteiger partial charge on any atom is 0.245 e. The molecule has 0 aromatic heterocycles. The minimum absolute atomic E-state index is 0.231. The number of nitrogen functional groups attached to an aromatic ring is 1. The Labute approximate surface area is 102 Å². The average Bonchev–Trinajstić information content (AvgIpc) is 2.29. The van der Waals surface area contributed by atoms with Gasteiger partial charge in [0.2, 0.25) is 10.0 Å². The van der Waals surface area contributed by atoms with Gasteiger partial charge in [0.1, 0.15) is 4.90 Å². The molecule has 0 amide bonds. The molecule has 1 heterocycles. The molecule has 0 bridgehead atoms. The highest BCUT2D eigenvalue weighted by Crippen LogP contribution is 2.26. The second-order valence-electron chi connectivity index (χ2n) is 4.65. The first-order chi connectivity index (χ1) is 8.01. The summed E-state index contributed by atoms with van der Waals surface area (Å²) < 4.78 is 26.3. The summed E-state index contributed by atoms with van der Waals surface area (Å²) in [4.78, 5) is 0.231. The van der Waals surface area contributed by atoms with Crippen LogP contribution in [0.25, 0.3) is 0 Å². The maximum atomic E-state index is 12.4. The van der Waals surface area contributed by atoms with Crippen molar-refractivity contribution in [2.24, 2.45) is 5.92 Å². The largest absolute Gasteiger partial charge is 0.398 e. The van der Waals surface area contributed by atoms with Gasteiger partial charge in [-0.15, -0.1) is 0 Å². The molecule has 0 radical (unpaired) electrons. The van der Waals surface area contributed by atoms with Crippen LogP contribution in [0.5, 0.6) is 0 Å². The van der Waals surface area contributed by atoms with Crippen molar-refractivity contribution in [3.05, 3.63) is 24.3 Å². The first kappa shape index (κ1) is 12.4. The molecule has 1 aliphatic rings. The van der Waals surface area contributed by atoms with Crippen molar-refractivity contribution >= 4 is 15.7 Å². The molecule has 1 aliphatic heterocycles. The predicted octanol–water partition coefficient (Wildman–Crippen LogP) is 1.69. The molecule has 1 saturated heterocycles. The van der Waals surface area contributed by atoms with E-state index in [0.717, 1.165) is 12.8 Å². The first-order valence-corrected chi connectivity index (χ1v) is 7.30. The van der Waals surface area contributed by atoms with Gasteiger partial charge < -0.3 is 5.73 Å². The Morgan fingerprint density at radius 3 is 2.71 bits per heavy atom. The van der Waals surface area contributed by atoms with Crippen molar-refractivity contribution < 1.29 is 8.42 Å². The van der Waals surface area contributed by atoms with Crippen molar-refractivity contribution in [3.8, 4) is 0 Å². The molecule has 94 valence electrons. The molecule has 17 heavy (non-hydrogen) atoms. The van der Waals surface area contributed by atoms with E-state index in [4.69, 9.17) is 5.73 Å². The van der Waals surface area contributed by atoms with Crippen molar-refractivity contribution in [3.63, 3.8) is 0 Å². The Hall–Kier alpha value is -1.07. The number of hydrogen-bond donors (Lipinski definition) is 1. The Kier molecular flexibility index (Phi) is 3.40. The van der Waals surface area contributed by atoms with Gasteiger partial charge in [-0.2, -0.15) is 4.31 Å². The Bertz CT molecular complexity index is 499. The molecule has 4 nitrogen and oxygen atoms in total. The highest BCUT2D eigenvalue weighted by atomic mass is 32.2. The second-order valence-corrected chi connectivity index (χ2v) is 6.55. The minimum atomic E-state index is -3.42. The highest BCUT2D eigenvalue weighted by Gasteiger charge is 2.29. The summed E-state index contributed by atoms with van der Waals surface area (Å²) in [5, 5.41) is 0. The van der Waals surface area contributed by atoms with E-state index in [0.29, 0.717) is 24.7 Å². The third-order valence-electron chi connectivity index (χ3n) is 3.16. The summed E-state index contributed by atoms with van der Waals surface area (Å²) in [6, 6.07) is 6.65. The highest BCUT2D eigenvalue weighted by molar-refractivity contribution is 7.89. The lowest BCUT2D eigenvalue weighted by atomic mass is 10.0. The molecule has 0 aliphatic carbocycles. The van der Waals surface area contributed by atoms with E-state index in [2.05, 4.69) is 6.92 Å². The lowest BCUT2D eigenvalue weighted by Gasteiger charge is -2.30. The fraction of sp³-hybridized carbons (Fsp3) is 0.500. The fourth-order valence-corrected chi connectivity index (χ4v) is 3.93. The smallest absolute Gasteiger partial charge is 0.245 e. The SMILES string of the molecule is CC1CCCN(S(=O)(=O)c2ccccc2N)C1. The van der Waals surface area contributed by atoms with Gasteiger partial charge in [-0.05, 0) is 30.9 Å². The van der Waals surface area contributed by atoms with E-state index in [-0.39, 0.29) is 4.90 Å². The van der Waals surface area contributed by atoms with Gasteiger partial charge in [0.25, 0.3) is 0 Å². The number of piperidine rings is 1. The molecule has 1 fully saturated rings. The summed E-state index contributed by atoms with van der Waals surface area (Å²) >= 11 is 0. The normalized spacial score (nSPS) is 22.5. The van der Waals surface area contributed by atoms with Gasteiger partial charge >= 0.3 is 0 Å². The van der Waals surface area contributed by atoms with Crippen LogP contribution < -0.4 is 5.73 Å². The summed E-state index contributed by atoms with van der Waals surface area (Å²) in [7, 11) is -3.42. The van der Waals surface area contributed by atoms with E-state index in [1.807, 2.05) is 0 Å². The minimum Gasteiger partial charge on any atom is -0.398 e. The molecular weight excluding hydrogens is 236 g/mol. The van der Waals surface area contributed by atoms with Crippen molar-refractivity contribution in [2.75, 3.05) is 18.8 Å². The second kappa shape index (κ2) is 4.66. The van der Waals surface area contributed by atoms with Crippen LogP contribution in [-0.2, 0) is 10.0 Å². The van der Waals surface area contributed by atoms with Crippen LogP contribution >= 0.6 is 0 Å². The summed E-state index contributed by atoms with van der Waals surface area (Å²) in [6.07, 6.45) is 2.02. The molecular formula is C12H18N2O2S.